The van der Waals surface area contributed by atoms with Crippen LogP contribution in [0, 0.1) is 0 Å². The number of hydrogen-bond donors (Lipinski definition) is 1. The van der Waals surface area contributed by atoms with Crippen LogP contribution in [0.2, 0.25) is 5.02 Å². The number of cyclic esters (lactones) is 1. The van der Waals surface area contributed by atoms with Crippen molar-refractivity contribution in [1.82, 2.24) is 4.98 Å². The Morgan fingerprint density at radius 1 is 1.73 bits per heavy atom. The molecule has 2 atom stereocenters. The number of anilines is 1. The average Bonchev–Trinajstić information content (AvgIpc) is 2.16. The van der Waals surface area contributed by atoms with E-state index in [1.54, 1.807) is 0 Å². The highest BCUT2D eigenvalue weighted by Gasteiger charge is 2.33. The summed E-state index contributed by atoms with van der Waals surface area (Å²) in [6, 6.07) is 1.52. The van der Waals surface area contributed by atoms with Crippen LogP contribution in [0.4, 0.5) is 15.0 Å². The van der Waals surface area contributed by atoms with Crippen molar-refractivity contribution in [3.8, 4) is 0 Å². The van der Waals surface area contributed by atoms with Crippen LogP contribution in [-0.4, -0.2) is 17.2 Å². The van der Waals surface area contributed by atoms with Gasteiger partial charge in [-0.1, -0.05) is 11.6 Å². The van der Waals surface area contributed by atoms with Gasteiger partial charge in [-0.25, -0.2) is 14.2 Å². The normalized spacial score (nSPS) is 21.3. The van der Waals surface area contributed by atoms with Crippen LogP contribution in [0.3, 0.4) is 0 Å². The van der Waals surface area contributed by atoms with Crippen molar-refractivity contribution in [3.63, 3.8) is 0 Å². The molecule has 2 heterocycles. The number of halogens is 2. The standard InChI is InChI=1S/C9H8ClFN2O2/c1-4(11)7-6-5(10)2-3-12-8(6)13-9(14)15-7/h2-4,7H,1H3,(H,12,13,14). The third-order valence-corrected chi connectivity index (χ3v) is 2.42. The van der Waals surface area contributed by atoms with E-state index in [0.29, 0.717) is 10.6 Å². The molecule has 4 nitrogen and oxygen atoms in total. The molecule has 0 fully saturated rings. The van der Waals surface area contributed by atoms with Gasteiger partial charge in [-0.3, -0.25) is 5.32 Å². The van der Waals surface area contributed by atoms with Crippen molar-refractivity contribution in [1.29, 1.82) is 0 Å². The molecule has 1 N–H and O–H groups in total. The van der Waals surface area contributed by atoms with E-state index in [0.717, 1.165) is 0 Å². The maximum atomic E-state index is 13.2. The number of fused-ring (bicyclic) bond motifs is 1. The Kier molecular flexibility index (Phi) is 2.48. The molecule has 80 valence electrons. The third kappa shape index (κ3) is 1.74. The maximum absolute atomic E-state index is 13.2. The topological polar surface area (TPSA) is 51.2 Å². The molecule has 2 unspecified atom stereocenters. The summed E-state index contributed by atoms with van der Waals surface area (Å²) in [5.74, 6) is 0.258. The van der Waals surface area contributed by atoms with Gasteiger partial charge in [0.25, 0.3) is 0 Å². The maximum Gasteiger partial charge on any atom is 0.413 e. The van der Waals surface area contributed by atoms with Crippen LogP contribution in [0.25, 0.3) is 0 Å². The van der Waals surface area contributed by atoms with E-state index in [1.165, 1.54) is 19.2 Å². The number of nitrogens with one attached hydrogen (secondary N) is 1. The highest BCUT2D eigenvalue weighted by atomic mass is 35.5. The summed E-state index contributed by atoms with van der Waals surface area (Å²) in [6.07, 6.45) is -1.61. The van der Waals surface area contributed by atoms with Crippen LogP contribution in [0.1, 0.15) is 18.6 Å². The molecule has 1 aromatic heterocycles. The van der Waals surface area contributed by atoms with Gasteiger partial charge in [0.05, 0.1) is 10.6 Å². The lowest BCUT2D eigenvalue weighted by Gasteiger charge is -2.26. The number of ether oxygens (including phenoxy) is 1. The number of rotatable bonds is 1. The van der Waals surface area contributed by atoms with Gasteiger partial charge in [0.15, 0.2) is 6.10 Å². The van der Waals surface area contributed by atoms with Gasteiger partial charge < -0.3 is 4.74 Å². The number of alkyl halides is 1. The van der Waals surface area contributed by atoms with Crippen molar-refractivity contribution in [2.24, 2.45) is 0 Å². The number of carbonyl (C=O) groups is 1. The van der Waals surface area contributed by atoms with Crippen LogP contribution in [0.5, 0.6) is 0 Å². The van der Waals surface area contributed by atoms with E-state index >= 15 is 0 Å². The first-order valence-corrected chi connectivity index (χ1v) is 4.73. The lowest BCUT2D eigenvalue weighted by molar-refractivity contribution is 0.0550. The molecule has 2 rings (SSSR count). The number of amides is 1. The molecule has 0 aliphatic carbocycles. The van der Waals surface area contributed by atoms with Gasteiger partial charge in [-0.05, 0) is 13.0 Å². The molecule has 1 amide bonds. The Hall–Kier alpha value is -1.36. The Bertz CT molecular complexity index is 411. The van der Waals surface area contributed by atoms with Gasteiger partial charge in [-0.2, -0.15) is 0 Å². The fourth-order valence-corrected chi connectivity index (χ4v) is 1.70. The third-order valence-electron chi connectivity index (χ3n) is 2.09. The molecule has 1 aromatic rings. The lowest BCUT2D eigenvalue weighted by Crippen LogP contribution is -2.29. The quantitative estimate of drug-likeness (QED) is 0.807. The molecule has 0 saturated heterocycles. The number of nitrogens with zero attached hydrogens (tertiary/aromatic N) is 1. The first kappa shape index (κ1) is 10.2. The molecule has 6 heteroatoms. The van der Waals surface area contributed by atoms with E-state index < -0.39 is 18.4 Å². The van der Waals surface area contributed by atoms with Crippen LogP contribution < -0.4 is 5.32 Å². The Morgan fingerprint density at radius 2 is 2.47 bits per heavy atom. The molecule has 0 aromatic carbocycles. The minimum Gasteiger partial charge on any atom is -0.438 e. The number of aromatic nitrogens is 1. The zero-order valence-corrected chi connectivity index (χ0v) is 8.58. The smallest absolute Gasteiger partial charge is 0.413 e. The van der Waals surface area contributed by atoms with Crippen molar-refractivity contribution < 1.29 is 13.9 Å². The van der Waals surface area contributed by atoms with Crippen LogP contribution >= 0.6 is 11.6 Å². The molecular formula is C9H8ClFN2O2. The highest BCUT2D eigenvalue weighted by molar-refractivity contribution is 6.31. The SMILES string of the molecule is CC(F)C1OC(=O)Nc2nccc(Cl)c21. The van der Waals surface area contributed by atoms with Gasteiger partial charge >= 0.3 is 6.09 Å². The predicted octanol–water partition coefficient (Wildman–Crippen LogP) is 2.70. The fourth-order valence-electron chi connectivity index (χ4n) is 1.44. The van der Waals surface area contributed by atoms with Crippen molar-refractivity contribution in [2.45, 2.75) is 19.2 Å². The first-order chi connectivity index (χ1) is 7.09. The second kappa shape index (κ2) is 3.66. The summed E-state index contributed by atoms with van der Waals surface area (Å²) in [6.45, 7) is 1.30. The number of pyridine rings is 1. The zero-order chi connectivity index (χ0) is 11.0. The number of hydrogen-bond acceptors (Lipinski definition) is 3. The molecule has 0 radical (unpaired) electrons. The van der Waals surface area contributed by atoms with E-state index in [-0.39, 0.29) is 5.82 Å². The molecule has 15 heavy (non-hydrogen) atoms. The Balaban J connectivity index is 2.52. The minimum absolute atomic E-state index is 0.258. The molecule has 1 aliphatic heterocycles. The average molecular weight is 231 g/mol. The van der Waals surface area contributed by atoms with Crippen molar-refractivity contribution in [2.75, 3.05) is 5.32 Å². The minimum atomic E-state index is -1.34. The van der Waals surface area contributed by atoms with Gasteiger partial charge in [0.1, 0.15) is 12.0 Å². The van der Waals surface area contributed by atoms with E-state index in [4.69, 9.17) is 16.3 Å². The van der Waals surface area contributed by atoms with Crippen molar-refractivity contribution >= 4 is 23.5 Å². The van der Waals surface area contributed by atoms with Gasteiger partial charge in [0.2, 0.25) is 0 Å². The highest BCUT2D eigenvalue weighted by Crippen LogP contribution is 2.37. The summed E-state index contributed by atoms with van der Waals surface area (Å²) in [5, 5.41) is 2.69. The molecular weight excluding hydrogens is 223 g/mol. The monoisotopic (exact) mass is 230 g/mol. The van der Waals surface area contributed by atoms with Crippen LogP contribution in [0.15, 0.2) is 12.3 Å². The molecule has 0 saturated carbocycles. The largest absolute Gasteiger partial charge is 0.438 e. The second-order valence-corrected chi connectivity index (χ2v) is 3.59. The Morgan fingerprint density at radius 3 is 3.13 bits per heavy atom. The lowest BCUT2D eigenvalue weighted by atomic mass is 10.1. The van der Waals surface area contributed by atoms with Crippen molar-refractivity contribution in [3.05, 3.63) is 22.8 Å². The van der Waals surface area contributed by atoms with E-state index in [9.17, 15) is 9.18 Å². The molecule has 0 bridgehead atoms. The van der Waals surface area contributed by atoms with Crippen LogP contribution in [-0.2, 0) is 4.74 Å². The number of carbonyl (C=O) groups excluding carboxylic acids is 1. The van der Waals surface area contributed by atoms with Gasteiger partial charge in [-0.15, -0.1) is 0 Å². The summed E-state index contributed by atoms with van der Waals surface area (Å²) in [7, 11) is 0. The second-order valence-electron chi connectivity index (χ2n) is 3.18. The summed E-state index contributed by atoms with van der Waals surface area (Å²) in [4.78, 5) is 15.0. The van der Waals surface area contributed by atoms with E-state index in [2.05, 4.69) is 10.3 Å². The fraction of sp³-hybridized carbons (Fsp3) is 0.333. The molecule has 0 spiro atoms. The van der Waals surface area contributed by atoms with E-state index in [1.807, 2.05) is 0 Å². The molecule has 1 aliphatic rings. The zero-order valence-electron chi connectivity index (χ0n) is 7.83. The summed E-state index contributed by atoms with van der Waals surface area (Å²) >= 11 is 5.89. The first-order valence-electron chi connectivity index (χ1n) is 4.35. The van der Waals surface area contributed by atoms with Gasteiger partial charge in [0, 0.05) is 6.20 Å². The Labute approximate surface area is 90.4 Å². The summed E-state index contributed by atoms with van der Waals surface area (Å²) < 4.78 is 18.0. The summed E-state index contributed by atoms with van der Waals surface area (Å²) in [5.41, 5.74) is 0.383. The predicted molar refractivity (Wildman–Crippen MR) is 52.7 cm³/mol.